The minimum atomic E-state index is -0.619. The third kappa shape index (κ3) is 7.12. The van der Waals surface area contributed by atoms with Gasteiger partial charge in [-0.3, -0.25) is 4.99 Å². The van der Waals surface area contributed by atoms with Crippen LogP contribution in [0.4, 0.5) is 0 Å². The molecule has 0 aliphatic carbocycles. The van der Waals surface area contributed by atoms with E-state index >= 15 is 0 Å². The van der Waals surface area contributed by atoms with Crippen molar-refractivity contribution in [3.8, 4) is 0 Å². The van der Waals surface area contributed by atoms with Crippen LogP contribution in [0.5, 0.6) is 0 Å². The molecular weight excluding hydrogens is 146 g/mol. The fourth-order valence-electron chi connectivity index (χ4n) is 0.435. The first-order chi connectivity index (χ1) is 4.95. The molecule has 66 valence electrons. The van der Waals surface area contributed by atoms with Crippen molar-refractivity contribution < 1.29 is 14.9 Å². The van der Waals surface area contributed by atoms with Crippen LogP contribution in [0.3, 0.4) is 0 Å². The molecule has 11 heavy (non-hydrogen) atoms. The van der Waals surface area contributed by atoms with Gasteiger partial charge in [0.05, 0.1) is 13.2 Å². The predicted octanol–water partition coefficient (Wildman–Crippen LogP) is -0.490. The molecule has 0 spiro atoms. The van der Waals surface area contributed by atoms with Gasteiger partial charge in [0.25, 0.3) is 0 Å². The summed E-state index contributed by atoms with van der Waals surface area (Å²) in [6.07, 6.45) is -0.619. The van der Waals surface area contributed by atoms with Gasteiger partial charge in [-0.15, -0.1) is 0 Å². The summed E-state index contributed by atoms with van der Waals surface area (Å²) in [7, 11) is 0. The average molecular weight is 160 g/mol. The van der Waals surface area contributed by atoms with Gasteiger partial charge >= 0.3 is 0 Å². The highest BCUT2D eigenvalue weighted by atomic mass is 16.6. The zero-order chi connectivity index (χ0) is 8.91. The van der Waals surface area contributed by atoms with Gasteiger partial charge in [0.15, 0.2) is 0 Å². The lowest BCUT2D eigenvalue weighted by Crippen LogP contribution is -2.32. The van der Waals surface area contributed by atoms with E-state index in [2.05, 4.69) is 4.99 Å². The number of nitrogens with zero attached hydrogens (tertiary/aromatic N) is 1. The molecule has 4 nitrogen and oxygen atoms in total. The van der Waals surface area contributed by atoms with E-state index in [1.165, 1.54) is 0 Å². The zero-order valence-corrected chi connectivity index (χ0v) is 7.13. The Kier molecular flexibility index (Phi) is 3.89. The number of aliphatic imine (C=N–C) groups is 1. The predicted molar refractivity (Wildman–Crippen MR) is 40.2 cm³/mol. The van der Waals surface area contributed by atoms with Crippen molar-refractivity contribution in [2.75, 3.05) is 13.2 Å². The van der Waals surface area contributed by atoms with Gasteiger partial charge < -0.3 is 14.9 Å². The first-order valence-electron chi connectivity index (χ1n) is 3.47. The lowest BCUT2D eigenvalue weighted by atomic mass is 10.2. The van der Waals surface area contributed by atoms with Gasteiger partial charge in [-0.05, 0) is 0 Å². The summed E-state index contributed by atoms with van der Waals surface area (Å²) in [4.78, 5) is 3.42. The van der Waals surface area contributed by atoms with Gasteiger partial charge in [-0.25, -0.2) is 0 Å². The summed E-state index contributed by atoms with van der Waals surface area (Å²) in [6.45, 7) is 5.27. The summed E-state index contributed by atoms with van der Waals surface area (Å²) < 4.78 is 4.82. The Labute approximate surface area is 66.5 Å². The topological polar surface area (TPSA) is 64.9 Å². The highest BCUT2D eigenvalue weighted by molar-refractivity contribution is 5.62. The molecule has 0 fully saturated rings. The lowest BCUT2D eigenvalue weighted by Gasteiger charge is -2.29. The summed E-state index contributed by atoms with van der Waals surface area (Å²) in [5.41, 5.74) is -0.504. The van der Waals surface area contributed by atoms with Crippen molar-refractivity contribution >= 4 is 6.08 Å². The second-order valence-electron chi connectivity index (χ2n) is 3.09. The van der Waals surface area contributed by atoms with E-state index < -0.39 is 11.7 Å². The maximum absolute atomic E-state index is 10.7. The second kappa shape index (κ2) is 4.18. The quantitative estimate of drug-likeness (QED) is 0.438. The van der Waals surface area contributed by atoms with Crippen LogP contribution in [0.25, 0.3) is 0 Å². The third-order valence-corrected chi connectivity index (χ3v) is 0.734. The molecule has 0 amide bonds. The molecular formula is C7H14NO3-. The van der Waals surface area contributed by atoms with Crippen molar-refractivity contribution in [1.29, 1.82) is 0 Å². The number of hydrogen-bond donors (Lipinski definition) is 1. The Morgan fingerprint density at radius 1 is 1.55 bits per heavy atom. The molecule has 0 bridgehead atoms. The first kappa shape index (κ1) is 10.2. The summed E-state index contributed by atoms with van der Waals surface area (Å²) in [5.74, 6) is 0. The number of rotatable bonds is 2. The number of ether oxygens (including phenoxy) is 1. The Bertz CT molecular complexity index is 137. The van der Waals surface area contributed by atoms with E-state index in [0.29, 0.717) is 0 Å². The molecule has 0 aliphatic heterocycles. The summed E-state index contributed by atoms with van der Waals surface area (Å²) >= 11 is 0. The van der Waals surface area contributed by atoms with Crippen LogP contribution in [0.2, 0.25) is 0 Å². The molecule has 0 saturated heterocycles. The number of aliphatic hydroxyl groups excluding tert-OH is 1. The fraction of sp³-hybridized carbons (Fsp3) is 0.857. The summed E-state index contributed by atoms with van der Waals surface area (Å²) in [6, 6.07) is 0. The molecule has 0 aliphatic rings. The van der Waals surface area contributed by atoms with Crippen molar-refractivity contribution in [3.05, 3.63) is 0 Å². The normalized spacial score (nSPS) is 13.3. The van der Waals surface area contributed by atoms with Crippen LogP contribution in [-0.2, 0) is 4.74 Å². The lowest BCUT2D eigenvalue weighted by molar-refractivity contribution is -0.260. The molecule has 0 aromatic heterocycles. The molecule has 4 heteroatoms. The van der Waals surface area contributed by atoms with Gasteiger partial charge in [-0.1, -0.05) is 20.8 Å². The van der Waals surface area contributed by atoms with Gasteiger partial charge in [0, 0.05) is 5.60 Å². The molecule has 0 aromatic rings. The molecule has 0 rings (SSSR count). The minimum Gasteiger partial charge on any atom is -0.595 e. The average Bonchev–Trinajstić information content (AvgIpc) is 1.79. The van der Waals surface area contributed by atoms with Crippen LogP contribution in [0.1, 0.15) is 20.8 Å². The Hall–Kier alpha value is -0.770. The van der Waals surface area contributed by atoms with Crippen molar-refractivity contribution in [2.45, 2.75) is 26.4 Å². The maximum atomic E-state index is 10.7. The highest BCUT2D eigenvalue weighted by Crippen LogP contribution is 2.05. The third-order valence-electron chi connectivity index (χ3n) is 0.734. The van der Waals surface area contributed by atoms with E-state index in [1.54, 1.807) is 20.8 Å². The first-order valence-corrected chi connectivity index (χ1v) is 3.47. The van der Waals surface area contributed by atoms with E-state index in [4.69, 9.17) is 9.84 Å². The molecule has 0 aromatic carbocycles. The minimum absolute atomic E-state index is 0.106. The van der Waals surface area contributed by atoms with Gasteiger partial charge in [0.2, 0.25) is 0 Å². The molecule has 0 atom stereocenters. The number of hydrogen-bond acceptors (Lipinski definition) is 4. The van der Waals surface area contributed by atoms with Gasteiger partial charge in [-0.2, -0.15) is 0 Å². The Morgan fingerprint density at radius 2 is 2.09 bits per heavy atom. The molecule has 0 heterocycles. The standard InChI is InChI=1S/C7H15NO3/c1-7(2,3)11-6(10)8-4-5-9/h9H,4-5H2,1-3H3,(H,8,10)/p-1. The molecule has 0 unspecified atom stereocenters. The SMILES string of the molecule is CC(C)(C)OC([O-])=NCCO. The second-order valence-corrected chi connectivity index (χ2v) is 3.09. The zero-order valence-electron chi connectivity index (χ0n) is 7.13. The van der Waals surface area contributed by atoms with Crippen LogP contribution < -0.4 is 5.11 Å². The largest absolute Gasteiger partial charge is 0.595 e. The smallest absolute Gasteiger partial charge is 0.145 e. The number of aliphatic hydroxyl groups is 1. The van der Waals surface area contributed by atoms with Crippen LogP contribution in [0, 0.1) is 0 Å². The van der Waals surface area contributed by atoms with E-state index in [1.807, 2.05) is 0 Å². The summed E-state index contributed by atoms with van der Waals surface area (Å²) in [5, 5.41) is 19.0. The fourth-order valence-corrected chi connectivity index (χ4v) is 0.435. The molecule has 0 radical (unpaired) electrons. The monoisotopic (exact) mass is 160 g/mol. The molecule has 0 saturated carbocycles. The van der Waals surface area contributed by atoms with E-state index in [9.17, 15) is 5.11 Å². The van der Waals surface area contributed by atoms with Crippen molar-refractivity contribution in [2.24, 2.45) is 4.99 Å². The van der Waals surface area contributed by atoms with Crippen LogP contribution in [-0.4, -0.2) is 29.9 Å². The van der Waals surface area contributed by atoms with Crippen molar-refractivity contribution in [1.82, 2.24) is 0 Å². The molecule has 1 N–H and O–H groups in total. The van der Waals surface area contributed by atoms with Gasteiger partial charge in [0.1, 0.15) is 6.08 Å². The van der Waals surface area contributed by atoms with Crippen molar-refractivity contribution in [3.63, 3.8) is 0 Å². The maximum Gasteiger partial charge on any atom is 0.145 e. The van der Waals surface area contributed by atoms with E-state index in [0.717, 1.165) is 0 Å². The van der Waals surface area contributed by atoms with Crippen LogP contribution >= 0.6 is 0 Å². The highest BCUT2D eigenvalue weighted by Gasteiger charge is 2.03. The Balaban J connectivity index is 3.76. The van der Waals surface area contributed by atoms with E-state index in [-0.39, 0.29) is 13.2 Å². The Morgan fingerprint density at radius 3 is 2.45 bits per heavy atom. The van der Waals surface area contributed by atoms with Crippen LogP contribution in [0.15, 0.2) is 4.99 Å².